The van der Waals surface area contributed by atoms with Gasteiger partial charge in [0, 0.05) is 17.8 Å². The molecule has 0 aliphatic carbocycles. The molecular formula is C14H21N4S+. The van der Waals surface area contributed by atoms with Gasteiger partial charge in [-0.2, -0.15) is 0 Å². The van der Waals surface area contributed by atoms with Gasteiger partial charge in [0.15, 0.2) is 0 Å². The van der Waals surface area contributed by atoms with Crippen LogP contribution in [-0.4, -0.2) is 43.2 Å². The average Bonchev–Trinajstić information content (AvgIpc) is 2.58. The minimum Gasteiger partial charge on any atom is -0.350 e. The van der Waals surface area contributed by atoms with E-state index in [9.17, 15) is 0 Å². The Bertz CT molecular complexity index is 592. The zero-order chi connectivity index (χ0) is 13.4. The van der Waals surface area contributed by atoms with Crippen molar-refractivity contribution >= 4 is 27.4 Å². The molecule has 19 heavy (non-hydrogen) atoms. The van der Waals surface area contributed by atoms with Crippen molar-refractivity contribution in [1.29, 1.82) is 0 Å². The molecule has 0 aromatic carbocycles. The van der Waals surface area contributed by atoms with E-state index in [1.165, 1.54) is 35.3 Å². The Balaban J connectivity index is 2.04. The van der Waals surface area contributed by atoms with Gasteiger partial charge in [0.25, 0.3) is 0 Å². The second-order valence-corrected chi connectivity index (χ2v) is 6.66. The highest BCUT2D eigenvalue weighted by Crippen LogP contribution is 2.34. The summed E-state index contributed by atoms with van der Waals surface area (Å²) < 4.78 is 0. The van der Waals surface area contributed by atoms with Crippen molar-refractivity contribution in [1.82, 2.24) is 9.97 Å². The van der Waals surface area contributed by atoms with Crippen LogP contribution in [0.5, 0.6) is 0 Å². The van der Waals surface area contributed by atoms with E-state index in [0.717, 1.165) is 23.7 Å². The van der Waals surface area contributed by atoms with Crippen LogP contribution < -0.4 is 9.80 Å². The van der Waals surface area contributed by atoms with Crippen molar-refractivity contribution in [3.8, 4) is 0 Å². The molecule has 3 rings (SSSR count). The lowest BCUT2D eigenvalue weighted by Crippen LogP contribution is -3.09. The van der Waals surface area contributed by atoms with E-state index < -0.39 is 0 Å². The Kier molecular flexibility index (Phi) is 3.41. The number of likely N-dealkylation sites (N-methyl/N-ethyl adjacent to an activating group) is 1. The normalized spacial score (nSPS) is 20.8. The minimum atomic E-state index is 1.09. The standard InChI is InChI=1S/C14H20N4S/c1-10-11(2)19-14-12(10)13(15-9-16-14)18-6-4-5-17(3)7-8-18/h9H,4-8H2,1-3H3/p+1. The Morgan fingerprint density at radius 2 is 2.05 bits per heavy atom. The number of rotatable bonds is 1. The van der Waals surface area contributed by atoms with Gasteiger partial charge in [0.05, 0.1) is 32.1 Å². The Morgan fingerprint density at radius 1 is 1.21 bits per heavy atom. The van der Waals surface area contributed by atoms with E-state index >= 15 is 0 Å². The molecule has 102 valence electrons. The number of fused-ring (bicyclic) bond motifs is 1. The van der Waals surface area contributed by atoms with Gasteiger partial charge in [0.1, 0.15) is 17.0 Å². The number of aryl methyl sites for hydroxylation is 2. The first-order chi connectivity index (χ1) is 9.16. The number of quaternary nitrogens is 1. The lowest BCUT2D eigenvalue weighted by atomic mass is 10.2. The van der Waals surface area contributed by atoms with Gasteiger partial charge in [-0.25, -0.2) is 9.97 Å². The molecule has 0 bridgehead atoms. The van der Waals surface area contributed by atoms with Gasteiger partial charge < -0.3 is 9.80 Å². The van der Waals surface area contributed by atoms with Crippen LogP contribution in [0.15, 0.2) is 6.33 Å². The molecule has 2 aromatic rings. The second kappa shape index (κ2) is 5.06. The Morgan fingerprint density at radius 3 is 2.89 bits per heavy atom. The number of aromatic nitrogens is 2. The number of thiophene rings is 1. The van der Waals surface area contributed by atoms with Gasteiger partial charge in [0.2, 0.25) is 0 Å². The first-order valence-corrected chi connectivity index (χ1v) is 7.75. The molecule has 4 nitrogen and oxygen atoms in total. The Labute approximate surface area is 118 Å². The van der Waals surface area contributed by atoms with Crippen LogP contribution in [0.1, 0.15) is 16.9 Å². The fourth-order valence-electron chi connectivity index (χ4n) is 2.75. The fourth-order valence-corrected chi connectivity index (χ4v) is 3.74. The van der Waals surface area contributed by atoms with Crippen LogP contribution in [0.2, 0.25) is 0 Å². The number of nitrogens with one attached hydrogen (secondary N) is 1. The summed E-state index contributed by atoms with van der Waals surface area (Å²) in [5.74, 6) is 1.14. The van der Waals surface area contributed by atoms with Crippen LogP contribution in [0.3, 0.4) is 0 Å². The van der Waals surface area contributed by atoms with Gasteiger partial charge in [-0.05, 0) is 19.4 Å². The number of nitrogens with zero attached hydrogens (tertiary/aromatic N) is 3. The maximum Gasteiger partial charge on any atom is 0.141 e. The van der Waals surface area contributed by atoms with Crippen LogP contribution >= 0.6 is 11.3 Å². The van der Waals surface area contributed by atoms with E-state index in [4.69, 9.17) is 0 Å². The van der Waals surface area contributed by atoms with Crippen LogP contribution in [0.4, 0.5) is 5.82 Å². The summed E-state index contributed by atoms with van der Waals surface area (Å²) in [4.78, 5) is 15.6. The molecular weight excluding hydrogens is 256 g/mol. The zero-order valence-electron chi connectivity index (χ0n) is 11.9. The lowest BCUT2D eigenvalue weighted by Gasteiger charge is -2.21. The highest BCUT2D eigenvalue weighted by molar-refractivity contribution is 7.18. The molecule has 1 atom stereocenters. The summed E-state index contributed by atoms with van der Waals surface area (Å²) in [6.07, 6.45) is 2.95. The maximum atomic E-state index is 4.58. The predicted octanol–water partition coefficient (Wildman–Crippen LogP) is 1.03. The zero-order valence-corrected chi connectivity index (χ0v) is 12.7. The Hall–Kier alpha value is -1.20. The molecule has 0 radical (unpaired) electrons. The molecule has 0 saturated carbocycles. The SMILES string of the molecule is Cc1sc2ncnc(N3CCC[NH+](C)CC3)c2c1C. The fraction of sp³-hybridized carbons (Fsp3) is 0.571. The van der Waals surface area contributed by atoms with Crippen LogP contribution in [0, 0.1) is 13.8 Å². The van der Waals surface area contributed by atoms with Gasteiger partial charge in [-0.1, -0.05) is 0 Å². The van der Waals surface area contributed by atoms with E-state index in [0.29, 0.717) is 0 Å². The molecule has 1 N–H and O–H groups in total. The van der Waals surface area contributed by atoms with E-state index in [1.807, 2.05) is 0 Å². The third-order valence-electron chi connectivity index (χ3n) is 4.08. The van der Waals surface area contributed by atoms with Gasteiger partial charge in [-0.3, -0.25) is 0 Å². The molecule has 3 heterocycles. The smallest absolute Gasteiger partial charge is 0.141 e. The highest BCUT2D eigenvalue weighted by atomic mass is 32.1. The van der Waals surface area contributed by atoms with Crippen molar-refractivity contribution in [2.24, 2.45) is 0 Å². The quantitative estimate of drug-likeness (QED) is 0.845. The molecule has 5 heteroatoms. The average molecular weight is 277 g/mol. The molecule has 1 fully saturated rings. The van der Waals surface area contributed by atoms with Crippen LogP contribution in [-0.2, 0) is 0 Å². The van der Waals surface area contributed by atoms with Crippen molar-refractivity contribution in [3.05, 3.63) is 16.8 Å². The molecule has 1 aliphatic heterocycles. The molecule has 1 unspecified atom stereocenters. The van der Waals surface area contributed by atoms with Crippen LogP contribution in [0.25, 0.3) is 10.2 Å². The third kappa shape index (κ3) is 2.32. The molecule has 1 saturated heterocycles. The highest BCUT2D eigenvalue weighted by Gasteiger charge is 2.20. The summed E-state index contributed by atoms with van der Waals surface area (Å²) in [6.45, 7) is 9.01. The number of hydrogen-bond acceptors (Lipinski definition) is 4. The van der Waals surface area contributed by atoms with E-state index in [-0.39, 0.29) is 0 Å². The van der Waals surface area contributed by atoms with Crippen molar-refractivity contribution in [3.63, 3.8) is 0 Å². The van der Waals surface area contributed by atoms with Gasteiger partial charge >= 0.3 is 0 Å². The predicted molar refractivity (Wildman–Crippen MR) is 80.3 cm³/mol. The summed E-state index contributed by atoms with van der Waals surface area (Å²) in [5, 5.41) is 1.27. The summed E-state index contributed by atoms with van der Waals surface area (Å²) in [6, 6.07) is 0. The van der Waals surface area contributed by atoms with E-state index in [1.54, 1.807) is 22.6 Å². The third-order valence-corrected chi connectivity index (χ3v) is 5.20. The van der Waals surface area contributed by atoms with Gasteiger partial charge in [-0.15, -0.1) is 11.3 Å². The first kappa shape index (κ1) is 12.8. The topological polar surface area (TPSA) is 33.5 Å². The summed E-state index contributed by atoms with van der Waals surface area (Å²) in [5.41, 5.74) is 1.35. The van der Waals surface area contributed by atoms with Crippen molar-refractivity contribution < 1.29 is 4.90 Å². The monoisotopic (exact) mass is 277 g/mol. The molecule has 1 aliphatic rings. The number of anilines is 1. The largest absolute Gasteiger partial charge is 0.350 e. The van der Waals surface area contributed by atoms with Crippen molar-refractivity contribution in [2.45, 2.75) is 20.3 Å². The second-order valence-electron chi connectivity index (χ2n) is 5.46. The molecule has 2 aromatic heterocycles. The lowest BCUT2D eigenvalue weighted by molar-refractivity contribution is -0.876. The molecule has 0 spiro atoms. The summed E-state index contributed by atoms with van der Waals surface area (Å²) >= 11 is 1.78. The van der Waals surface area contributed by atoms with Crippen molar-refractivity contribution in [2.75, 3.05) is 38.1 Å². The summed E-state index contributed by atoms with van der Waals surface area (Å²) in [7, 11) is 2.28. The molecule has 0 amide bonds. The maximum absolute atomic E-state index is 4.58. The minimum absolute atomic E-state index is 1.09. The van der Waals surface area contributed by atoms with E-state index in [2.05, 4.69) is 35.8 Å². The number of hydrogen-bond donors (Lipinski definition) is 1. The first-order valence-electron chi connectivity index (χ1n) is 6.94.